The van der Waals surface area contributed by atoms with Gasteiger partial charge in [0.05, 0.1) is 22.2 Å². The number of aryl methyl sites for hydroxylation is 1. The minimum Gasteiger partial charge on any atom is -0.459 e. The molecule has 5 rings (SSSR count). The van der Waals surface area contributed by atoms with Crippen molar-refractivity contribution in [2.24, 2.45) is 0 Å². The molecule has 8 nitrogen and oxygen atoms in total. The standard InChI is InChI=1S/C24H23Br2F3N4O4S/c1-10(2)36-23(35)17-11-5-3-4-6-14(11)38-22(17)31-21(34)19-18(26)20-30-12(13-7-8-16(25)37-13)9-15(24(27,28)29)33(20)32-19/h7-8,10,12,15,30H,3-6,9H2,1-2H3,(H,31,34). The van der Waals surface area contributed by atoms with Crippen LogP contribution in [0.4, 0.5) is 24.0 Å². The highest BCUT2D eigenvalue weighted by atomic mass is 79.9. The number of hydrogen-bond donors (Lipinski definition) is 2. The summed E-state index contributed by atoms with van der Waals surface area (Å²) >= 11 is 7.75. The molecule has 2 unspecified atom stereocenters. The minimum absolute atomic E-state index is 0.00571. The zero-order chi connectivity index (χ0) is 27.4. The van der Waals surface area contributed by atoms with Crippen molar-refractivity contribution in [2.45, 2.75) is 70.3 Å². The molecule has 1 amide bonds. The van der Waals surface area contributed by atoms with E-state index in [1.54, 1.807) is 26.0 Å². The Labute approximate surface area is 236 Å². The topological polar surface area (TPSA) is 98.4 Å². The summed E-state index contributed by atoms with van der Waals surface area (Å²) < 4.78 is 54.4. The first-order valence-electron chi connectivity index (χ1n) is 12.0. The second-order valence-electron chi connectivity index (χ2n) is 9.41. The summed E-state index contributed by atoms with van der Waals surface area (Å²) in [5, 5.41) is 10.1. The Morgan fingerprint density at radius 1 is 1.26 bits per heavy atom. The monoisotopic (exact) mass is 678 g/mol. The number of halogens is 5. The number of carbonyl (C=O) groups is 2. The average Bonchev–Trinajstić information content (AvgIpc) is 3.52. The van der Waals surface area contributed by atoms with Crippen LogP contribution in [0.3, 0.4) is 0 Å². The molecule has 0 saturated carbocycles. The maximum absolute atomic E-state index is 14.1. The van der Waals surface area contributed by atoms with E-state index in [1.165, 1.54) is 11.3 Å². The first kappa shape index (κ1) is 27.3. The van der Waals surface area contributed by atoms with Crippen molar-refractivity contribution in [1.29, 1.82) is 0 Å². The summed E-state index contributed by atoms with van der Waals surface area (Å²) in [5.41, 5.74) is 0.927. The van der Waals surface area contributed by atoms with Gasteiger partial charge in [-0.3, -0.25) is 4.79 Å². The average molecular weight is 680 g/mol. The molecule has 3 aromatic rings. The predicted molar refractivity (Wildman–Crippen MR) is 142 cm³/mol. The summed E-state index contributed by atoms with van der Waals surface area (Å²) in [5.74, 6) is -0.958. The van der Waals surface area contributed by atoms with E-state index < -0.39 is 30.1 Å². The molecule has 204 valence electrons. The van der Waals surface area contributed by atoms with Gasteiger partial charge in [0.2, 0.25) is 0 Å². The van der Waals surface area contributed by atoms with Crippen LogP contribution in [0.25, 0.3) is 0 Å². The van der Waals surface area contributed by atoms with Gasteiger partial charge in [-0.15, -0.1) is 11.3 Å². The third-order valence-corrected chi connectivity index (χ3v) is 8.78. The minimum atomic E-state index is -4.63. The normalized spacial score (nSPS) is 19.1. The fourth-order valence-corrected chi connectivity index (χ4v) is 6.89. The highest BCUT2D eigenvalue weighted by Gasteiger charge is 2.48. The molecule has 0 spiro atoms. The van der Waals surface area contributed by atoms with Gasteiger partial charge in [0, 0.05) is 11.3 Å². The smallest absolute Gasteiger partial charge is 0.410 e. The molecule has 2 N–H and O–H groups in total. The third kappa shape index (κ3) is 5.14. The number of carbonyl (C=O) groups excluding carboxylic acids is 2. The highest BCUT2D eigenvalue weighted by Crippen LogP contribution is 2.47. The van der Waals surface area contributed by atoms with E-state index in [9.17, 15) is 22.8 Å². The molecule has 38 heavy (non-hydrogen) atoms. The van der Waals surface area contributed by atoms with Gasteiger partial charge in [-0.2, -0.15) is 18.3 Å². The van der Waals surface area contributed by atoms with Gasteiger partial charge in [-0.1, -0.05) is 0 Å². The van der Waals surface area contributed by atoms with Gasteiger partial charge in [-0.25, -0.2) is 9.48 Å². The lowest BCUT2D eigenvalue weighted by atomic mass is 9.95. The molecule has 14 heteroatoms. The van der Waals surface area contributed by atoms with Crippen LogP contribution in [-0.2, 0) is 17.6 Å². The van der Waals surface area contributed by atoms with Crippen LogP contribution in [0, 0.1) is 0 Å². The molecule has 0 saturated heterocycles. The molecule has 1 aliphatic heterocycles. The Balaban J connectivity index is 1.49. The Kier molecular flexibility index (Phi) is 7.42. The number of anilines is 2. The van der Waals surface area contributed by atoms with Crippen LogP contribution in [0.1, 0.15) is 82.2 Å². The summed E-state index contributed by atoms with van der Waals surface area (Å²) in [6.45, 7) is 3.47. The molecule has 0 radical (unpaired) electrons. The van der Waals surface area contributed by atoms with E-state index in [1.807, 2.05) is 0 Å². The number of fused-ring (bicyclic) bond motifs is 2. The zero-order valence-corrected chi connectivity index (χ0v) is 24.2. The van der Waals surface area contributed by atoms with Crippen molar-refractivity contribution in [3.8, 4) is 0 Å². The lowest BCUT2D eigenvalue weighted by Gasteiger charge is -2.32. The maximum Gasteiger partial charge on any atom is 0.410 e. The molecule has 0 fully saturated rings. The Hall–Kier alpha value is -2.32. The van der Waals surface area contributed by atoms with Gasteiger partial charge in [0.1, 0.15) is 16.6 Å². The summed E-state index contributed by atoms with van der Waals surface area (Å²) in [6, 6.07) is 0.392. The maximum atomic E-state index is 14.1. The predicted octanol–water partition coefficient (Wildman–Crippen LogP) is 7.42. The van der Waals surface area contributed by atoms with E-state index in [0.29, 0.717) is 27.4 Å². The number of esters is 1. The van der Waals surface area contributed by atoms with E-state index in [2.05, 4.69) is 47.6 Å². The van der Waals surface area contributed by atoms with Crippen LogP contribution in [0.15, 0.2) is 25.7 Å². The second-order valence-corrected chi connectivity index (χ2v) is 12.1. The number of amides is 1. The number of nitrogens with zero attached hydrogens (tertiary/aromatic N) is 2. The number of alkyl halides is 3. The number of ether oxygens (including phenoxy) is 1. The van der Waals surface area contributed by atoms with Crippen molar-refractivity contribution in [3.05, 3.63) is 48.7 Å². The van der Waals surface area contributed by atoms with Crippen molar-refractivity contribution in [3.63, 3.8) is 0 Å². The highest BCUT2D eigenvalue weighted by molar-refractivity contribution is 9.10. The summed E-state index contributed by atoms with van der Waals surface area (Å²) in [4.78, 5) is 27.3. The van der Waals surface area contributed by atoms with E-state index in [0.717, 1.165) is 34.4 Å². The molecule has 1 aliphatic carbocycles. The molecule has 2 atom stereocenters. The zero-order valence-electron chi connectivity index (χ0n) is 20.2. The molecular weight excluding hydrogens is 657 g/mol. The number of nitrogens with one attached hydrogen (secondary N) is 2. The van der Waals surface area contributed by atoms with Crippen molar-refractivity contribution in [2.75, 3.05) is 10.6 Å². The lowest BCUT2D eigenvalue weighted by molar-refractivity contribution is -0.174. The molecule has 2 aliphatic rings. The first-order valence-corrected chi connectivity index (χ1v) is 14.4. The SMILES string of the molecule is CC(C)OC(=O)c1c(NC(=O)c2nn3c(c2Br)NC(c2ccc(Br)o2)CC3C(F)(F)F)sc2c1CCCC2. The Morgan fingerprint density at radius 3 is 2.66 bits per heavy atom. The van der Waals surface area contributed by atoms with E-state index in [-0.39, 0.29) is 28.5 Å². The van der Waals surface area contributed by atoms with Gasteiger partial charge in [-0.05, 0) is 89.1 Å². The van der Waals surface area contributed by atoms with Crippen LogP contribution in [-0.4, -0.2) is 33.9 Å². The third-order valence-electron chi connectivity index (χ3n) is 6.39. The molecule has 4 heterocycles. The number of hydrogen-bond acceptors (Lipinski definition) is 7. The lowest BCUT2D eigenvalue weighted by Crippen LogP contribution is -2.35. The Morgan fingerprint density at radius 2 is 2.00 bits per heavy atom. The van der Waals surface area contributed by atoms with Crippen LogP contribution < -0.4 is 10.6 Å². The molecule has 0 aromatic carbocycles. The van der Waals surface area contributed by atoms with Gasteiger partial charge in [0.25, 0.3) is 5.91 Å². The first-order chi connectivity index (χ1) is 17.9. The molecule has 0 bridgehead atoms. The van der Waals surface area contributed by atoms with Gasteiger partial charge >= 0.3 is 12.1 Å². The molecular formula is C24H23Br2F3N4O4S. The van der Waals surface area contributed by atoms with Crippen LogP contribution in [0.2, 0.25) is 0 Å². The van der Waals surface area contributed by atoms with Crippen molar-refractivity contribution < 1.29 is 31.9 Å². The number of thiophene rings is 1. The van der Waals surface area contributed by atoms with Crippen LogP contribution >= 0.6 is 43.2 Å². The Bertz CT molecular complexity index is 1400. The van der Waals surface area contributed by atoms with Crippen molar-refractivity contribution in [1.82, 2.24) is 9.78 Å². The van der Waals surface area contributed by atoms with Crippen LogP contribution in [0.5, 0.6) is 0 Å². The molecule has 3 aromatic heterocycles. The quantitative estimate of drug-likeness (QED) is 0.273. The number of aromatic nitrogens is 2. The summed E-state index contributed by atoms with van der Waals surface area (Å²) in [6.07, 6.45) is -2.01. The van der Waals surface area contributed by atoms with E-state index in [4.69, 9.17) is 9.15 Å². The largest absolute Gasteiger partial charge is 0.459 e. The number of furan rings is 1. The van der Waals surface area contributed by atoms with E-state index >= 15 is 0 Å². The van der Waals surface area contributed by atoms with Gasteiger partial charge < -0.3 is 19.8 Å². The fourth-order valence-electron chi connectivity index (χ4n) is 4.74. The fraction of sp³-hybridized carbons (Fsp3) is 0.458. The second kappa shape index (κ2) is 10.3. The van der Waals surface area contributed by atoms with Crippen molar-refractivity contribution >= 4 is 65.9 Å². The number of rotatable bonds is 5. The summed E-state index contributed by atoms with van der Waals surface area (Å²) in [7, 11) is 0. The van der Waals surface area contributed by atoms with Gasteiger partial charge in [0.15, 0.2) is 16.4 Å².